The second-order valence-corrected chi connectivity index (χ2v) is 5.03. The maximum absolute atomic E-state index is 12.3. The minimum absolute atomic E-state index is 0.00579. The van der Waals surface area contributed by atoms with E-state index < -0.39 is 0 Å². The van der Waals surface area contributed by atoms with Crippen LogP contribution in [0.1, 0.15) is 46.4 Å². The van der Waals surface area contributed by atoms with Gasteiger partial charge in [-0.15, -0.1) is 0 Å². The fourth-order valence-corrected chi connectivity index (χ4v) is 2.16. The Labute approximate surface area is 125 Å². The van der Waals surface area contributed by atoms with Gasteiger partial charge in [-0.2, -0.15) is 5.26 Å². The highest BCUT2D eigenvalue weighted by Crippen LogP contribution is 2.18. The summed E-state index contributed by atoms with van der Waals surface area (Å²) in [5, 5.41) is 11.8. The van der Waals surface area contributed by atoms with Gasteiger partial charge in [0.1, 0.15) is 0 Å². The summed E-state index contributed by atoms with van der Waals surface area (Å²) in [6, 6.07) is 16.9. The second-order valence-electron chi connectivity index (χ2n) is 5.03. The molecule has 2 aromatic rings. The Kier molecular flexibility index (Phi) is 4.73. The molecule has 0 saturated heterocycles. The number of aryl methyl sites for hydroxylation is 1. The molecule has 0 radical (unpaired) electrons. The van der Waals surface area contributed by atoms with Crippen molar-refractivity contribution < 1.29 is 4.79 Å². The minimum Gasteiger partial charge on any atom is -0.345 e. The van der Waals surface area contributed by atoms with Gasteiger partial charge in [-0.3, -0.25) is 4.79 Å². The second kappa shape index (κ2) is 6.71. The van der Waals surface area contributed by atoms with Gasteiger partial charge in [-0.1, -0.05) is 36.8 Å². The summed E-state index contributed by atoms with van der Waals surface area (Å²) in [4.78, 5) is 12.3. The lowest BCUT2D eigenvalue weighted by Gasteiger charge is -2.17. The molecule has 0 aliphatic rings. The summed E-state index contributed by atoms with van der Waals surface area (Å²) >= 11 is 0. The van der Waals surface area contributed by atoms with Crippen molar-refractivity contribution in [2.45, 2.75) is 26.3 Å². The van der Waals surface area contributed by atoms with Crippen molar-refractivity contribution in [3.8, 4) is 6.07 Å². The fraction of sp³-hybridized carbons (Fsp3) is 0.222. The highest BCUT2D eigenvalue weighted by molar-refractivity contribution is 5.94. The Morgan fingerprint density at radius 2 is 1.76 bits per heavy atom. The van der Waals surface area contributed by atoms with E-state index in [9.17, 15) is 4.79 Å². The first kappa shape index (κ1) is 14.8. The van der Waals surface area contributed by atoms with Crippen molar-refractivity contribution in [2.75, 3.05) is 0 Å². The molecule has 0 aliphatic heterocycles. The molecule has 0 fully saturated rings. The van der Waals surface area contributed by atoms with Crippen LogP contribution < -0.4 is 5.32 Å². The van der Waals surface area contributed by atoms with Crippen molar-refractivity contribution >= 4 is 5.91 Å². The van der Waals surface area contributed by atoms with Gasteiger partial charge < -0.3 is 5.32 Å². The van der Waals surface area contributed by atoms with Crippen molar-refractivity contribution in [3.05, 3.63) is 70.8 Å². The molecule has 0 saturated carbocycles. The van der Waals surface area contributed by atoms with Gasteiger partial charge in [0.25, 0.3) is 5.91 Å². The lowest BCUT2D eigenvalue weighted by molar-refractivity contribution is 0.0935. The molecule has 1 unspecified atom stereocenters. The molecule has 1 amide bonds. The van der Waals surface area contributed by atoms with E-state index in [1.807, 2.05) is 44.2 Å². The molecule has 0 aromatic heterocycles. The van der Waals surface area contributed by atoms with Crippen molar-refractivity contribution in [1.82, 2.24) is 5.32 Å². The van der Waals surface area contributed by atoms with E-state index in [-0.39, 0.29) is 11.9 Å². The zero-order valence-corrected chi connectivity index (χ0v) is 12.3. The first-order valence-electron chi connectivity index (χ1n) is 7.01. The zero-order chi connectivity index (χ0) is 15.2. The van der Waals surface area contributed by atoms with Gasteiger partial charge in [0.2, 0.25) is 0 Å². The van der Waals surface area contributed by atoms with Crippen molar-refractivity contribution in [3.63, 3.8) is 0 Å². The molecule has 106 valence electrons. The van der Waals surface area contributed by atoms with Crippen LogP contribution in [0, 0.1) is 18.3 Å². The maximum atomic E-state index is 12.3. The largest absolute Gasteiger partial charge is 0.345 e. The molecule has 0 bridgehead atoms. The SMILES string of the molecule is CCC(NC(=O)c1ccc(C#N)cc1)c1ccc(C)cc1. The van der Waals surface area contributed by atoms with Crippen molar-refractivity contribution in [2.24, 2.45) is 0 Å². The van der Waals surface area contributed by atoms with Gasteiger partial charge in [-0.25, -0.2) is 0 Å². The van der Waals surface area contributed by atoms with Crippen LogP contribution in [0.25, 0.3) is 0 Å². The van der Waals surface area contributed by atoms with E-state index in [4.69, 9.17) is 5.26 Å². The standard InChI is InChI=1S/C18H18N2O/c1-3-17(15-8-4-13(2)5-9-15)20-18(21)16-10-6-14(12-19)7-11-16/h4-11,17H,3H2,1-2H3,(H,20,21). The molecule has 1 N–H and O–H groups in total. The van der Waals surface area contributed by atoms with Crippen LogP contribution in [0.15, 0.2) is 48.5 Å². The summed E-state index contributed by atoms with van der Waals surface area (Å²) < 4.78 is 0. The summed E-state index contributed by atoms with van der Waals surface area (Å²) in [7, 11) is 0. The molecule has 2 aromatic carbocycles. The molecule has 1 atom stereocenters. The summed E-state index contributed by atoms with van der Waals surface area (Å²) in [6.45, 7) is 4.09. The number of nitrogens with one attached hydrogen (secondary N) is 1. The molecule has 3 heteroatoms. The van der Waals surface area contributed by atoms with E-state index in [2.05, 4.69) is 5.32 Å². The van der Waals surface area contributed by atoms with Crippen LogP contribution in [0.5, 0.6) is 0 Å². The predicted octanol–water partition coefficient (Wildman–Crippen LogP) is 3.75. The summed E-state index contributed by atoms with van der Waals surface area (Å²) in [5.41, 5.74) is 3.42. The van der Waals surface area contributed by atoms with Gasteiger partial charge >= 0.3 is 0 Å². The Morgan fingerprint density at radius 1 is 1.14 bits per heavy atom. The van der Waals surface area contributed by atoms with Gasteiger partial charge in [0.05, 0.1) is 17.7 Å². The molecule has 0 spiro atoms. The Bertz CT molecular complexity index is 651. The molecule has 3 nitrogen and oxygen atoms in total. The van der Waals surface area contributed by atoms with E-state index in [0.29, 0.717) is 11.1 Å². The molecule has 2 rings (SSSR count). The number of nitrogens with zero attached hydrogens (tertiary/aromatic N) is 1. The van der Waals surface area contributed by atoms with Gasteiger partial charge in [0, 0.05) is 5.56 Å². The average Bonchev–Trinajstić information content (AvgIpc) is 2.53. The molecule has 0 heterocycles. The molecular weight excluding hydrogens is 260 g/mol. The van der Waals surface area contributed by atoms with Crippen LogP contribution in [0.2, 0.25) is 0 Å². The quantitative estimate of drug-likeness (QED) is 0.926. The first-order chi connectivity index (χ1) is 10.1. The third-order valence-corrected chi connectivity index (χ3v) is 3.47. The summed E-state index contributed by atoms with van der Waals surface area (Å²) in [6.07, 6.45) is 0.824. The number of rotatable bonds is 4. The van der Waals surface area contributed by atoms with Crippen LogP contribution in [-0.4, -0.2) is 5.91 Å². The lowest BCUT2D eigenvalue weighted by atomic mass is 10.0. The third kappa shape index (κ3) is 3.70. The maximum Gasteiger partial charge on any atom is 0.251 e. The number of benzene rings is 2. The average molecular weight is 278 g/mol. The topological polar surface area (TPSA) is 52.9 Å². The lowest BCUT2D eigenvalue weighted by Crippen LogP contribution is -2.28. The van der Waals surface area contributed by atoms with Crippen LogP contribution in [-0.2, 0) is 0 Å². The molecular formula is C18H18N2O. The van der Waals surface area contributed by atoms with Crippen LogP contribution in [0.3, 0.4) is 0 Å². The number of hydrogen-bond donors (Lipinski definition) is 1. The van der Waals surface area contributed by atoms with E-state index in [0.717, 1.165) is 12.0 Å². The smallest absolute Gasteiger partial charge is 0.251 e. The third-order valence-electron chi connectivity index (χ3n) is 3.47. The monoisotopic (exact) mass is 278 g/mol. The fourth-order valence-electron chi connectivity index (χ4n) is 2.16. The normalized spacial score (nSPS) is 11.5. The Hall–Kier alpha value is -2.60. The zero-order valence-electron chi connectivity index (χ0n) is 12.3. The van der Waals surface area contributed by atoms with E-state index in [1.54, 1.807) is 24.3 Å². The Balaban J connectivity index is 2.12. The predicted molar refractivity (Wildman–Crippen MR) is 82.8 cm³/mol. The highest BCUT2D eigenvalue weighted by Gasteiger charge is 2.13. The van der Waals surface area contributed by atoms with E-state index in [1.165, 1.54) is 5.56 Å². The number of carbonyl (C=O) groups is 1. The first-order valence-corrected chi connectivity index (χ1v) is 7.01. The van der Waals surface area contributed by atoms with E-state index >= 15 is 0 Å². The van der Waals surface area contributed by atoms with Gasteiger partial charge in [0.15, 0.2) is 0 Å². The number of amides is 1. The Morgan fingerprint density at radius 3 is 2.29 bits per heavy atom. The molecule has 21 heavy (non-hydrogen) atoms. The molecule has 0 aliphatic carbocycles. The van der Waals surface area contributed by atoms with Gasteiger partial charge in [-0.05, 0) is 43.2 Å². The summed E-state index contributed by atoms with van der Waals surface area (Å²) in [5.74, 6) is -0.119. The van der Waals surface area contributed by atoms with Crippen LogP contribution >= 0.6 is 0 Å². The highest BCUT2D eigenvalue weighted by atomic mass is 16.1. The number of carbonyl (C=O) groups excluding carboxylic acids is 1. The van der Waals surface area contributed by atoms with Crippen molar-refractivity contribution in [1.29, 1.82) is 5.26 Å². The number of hydrogen-bond acceptors (Lipinski definition) is 2. The minimum atomic E-state index is -0.119. The van der Waals surface area contributed by atoms with Crippen LogP contribution in [0.4, 0.5) is 0 Å². The number of nitriles is 1.